The standard InChI is InChI=1S/C16H27NS/c1-11(2)14(6)18-16-8-7-13(5)9-15(16)10-17-12(3)4/h7-9,11-12,14,17H,10H2,1-6H3. The summed E-state index contributed by atoms with van der Waals surface area (Å²) in [5.74, 6) is 0.710. The summed E-state index contributed by atoms with van der Waals surface area (Å²) in [5.41, 5.74) is 2.78. The Labute approximate surface area is 117 Å². The zero-order valence-electron chi connectivity index (χ0n) is 12.6. The first-order chi connectivity index (χ1) is 8.40. The summed E-state index contributed by atoms with van der Waals surface area (Å²) in [5, 5.41) is 4.18. The molecule has 1 unspecified atom stereocenters. The molecular weight excluding hydrogens is 238 g/mol. The number of benzene rings is 1. The molecule has 1 nitrogen and oxygen atoms in total. The van der Waals surface area contributed by atoms with Gasteiger partial charge in [-0.15, -0.1) is 11.8 Å². The minimum absolute atomic E-state index is 0.533. The second kappa shape index (κ2) is 7.20. The van der Waals surface area contributed by atoms with E-state index in [4.69, 9.17) is 0 Å². The number of hydrogen-bond acceptors (Lipinski definition) is 2. The van der Waals surface area contributed by atoms with Gasteiger partial charge in [-0.3, -0.25) is 0 Å². The fourth-order valence-corrected chi connectivity index (χ4v) is 2.71. The van der Waals surface area contributed by atoms with Crippen LogP contribution in [0.25, 0.3) is 0 Å². The molecule has 18 heavy (non-hydrogen) atoms. The fraction of sp³-hybridized carbons (Fsp3) is 0.625. The molecule has 0 radical (unpaired) electrons. The van der Waals surface area contributed by atoms with Gasteiger partial charge in [0.2, 0.25) is 0 Å². The second-order valence-corrected chi connectivity index (χ2v) is 7.13. The lowest BCUT2D eigenvalue weighted by Crippen LogP contribution is -2.22. The van der Waals surface area contributed by atoms with Crippen molar-refractivity contribution in [1.82, 2.24) is 5.32 Å². The lowest BCUT2D eigenvalue weighted by atomic mass is 10.1. The van der Waals surface area contributed by atoms with Gasteiger partial charge >= 0.3 is 0 Å². The molecular formula is C16H27NS. The van der Waals surface area contributed by atoms with Crippen molar-refractivity contribution in [1.29, 1.82) is 0 Å². The van der Waals surface area contributed by atoms with Gasteiger partial charge in [-0.1, -0.05) is 52.3 Å². The van der Waals surface area contributed by atoms with Gasteiger partial charge in [0.05, 0.1) is 0 Å². The van der Waals surface area contributed by atoms with E-state index in [1.54, 1.807) is 0 Å². The average molecular weight is 265 g/mol. The molecule has 0 amide bonds. The molecule has 2 heteroatoms. The van der Waals surface area contributed by atoms with Crippen LogP contribution >= 0.6 is 11.8 Å². The predicted molar refractivity (Wildman–Crippen MR) is 83.3 cm³/mol. The SMILES string of the molecule is Cc1ccc(SC(C)C(C)C)c(CNC(C)C)c1. The van der Waals surface area contributed by atoms with E-state index in [0.717, 1.165) is 6.54 Å². The molecule has 0 aliphatic heterocycles. The number of hydrogen-bond donors (Lipinski definition) is 1. The summed E-state index contributed by atoms with van der Waals surface area (Å²) in [6.07, 6.45) is 0. The molecule has 0 spiro atoms. The quantitative estimate of drug-likeness (QED) is 0.753. The molecule has 0 aliphatic rings. The average Bonchev–Trinajstić information content (AvgIpc) is 2.29. The van der Waals surface area contributed by atoms with E-state index in [1.165, 1.54) is 16.0 Å². The first kappa shape index (κ1) is 15.6. The zero-order chi connectivity index (χ0) is 13.7. The molecule has 0 aliphatic carbocycles. The van der Waals surface area contributed by atoms with Crippen LogP contribution in [0.2, 0.25) is 0 Å². The number of nitrogens with one attached hydrogen (secondary N) is 1. The van der Waals surface area contributed by atoms with Crippen LogP contribution in [0, 0.1) is 12.8 Å². The Kier molecular flexibility index (Phi) is 6.24. The van der Waals surface area contributed by atoms with Gasteiger partial charge in [-0.05, 0) is 24.5 Å². The minimum Gasteiger partial charge on any atom is -0.310 e. The van der Waals surface area contributed by atoms with E-state index < -0.39 is 0 Å². The third-order valence-electron chi connectivity index (χ3n) is 3.17. The molecule has 0 fully saturated rings. The Morgan fingerprint density at radius 3 is 2.33 bits per heavy atom. The van der Waals surface area contributed by atoms with Crippen LogP contribution in [0.15, 0.2) is 23.1 Å². The van der Waals surface area contributed by atoms with Crippen molar-refractivity contribution in [3.8, 4) is 0 Å². The number of thioether (sulfide) groups is 1. The maximum atomic E-state index is 3.52. The van der Waals surface area contributed by atoms with Crippen molar-refractivity contribution in [3.05, 3.63) is 29.3 Å². The first-order valence-electron chi connectivity index (χ1n) is 6.89. The van der Waals surface area contributed by atoms with E-state index in [1.807, 2.05) is 11.8 Å². The highest BCUT2D eigenvalue weighted by Gasteiger charge is 2.12. The molecule has 1 aromatic rings. The summed E-state index contributed by atoms with van der Waals surface area (Å²) in [7, 11) is 0. The van der Waals surface area contributed by atoms with Crippen LogP contribution in [-0.4, -0.2) is 11.3 Å². The topological polar surface area (TPSA) is 12.0 Å². The van der Waals surface area contributed by atoms with Crippen molar-refractivity contribution in [2.24, 2.45) is 5.92 Å². The summed E-state index contributed by atoms with van der Waals surface area (Å²) in [6, 6.07) is 7.33. The summed E-state index contributed by atoms with van der Waals surface area (Å²) >= 11 is 2.00. The molecule has 0 heterocycles. The number of rotatable bonds is 6. The Hall–Kier alpha value is -0.470. The molecule has 0 aromatic heterocycles. The van der Waals surface area contributed by atoms with Gasteiger partial charge in [0.1, 0.15) is 0 Å². The monoisotopic (exact) mass is 265 g/mol. The normalized spacial score (nSPS) is 13.3. The lowest BCUT2D eigenvalue weighted by molar-refractivity contribution is 0.584. The van der Waals surface area contributed by atoms with Crippen molar-refractivity contribution in [3.63, 3.8) is 0 Å². The van der Waals surface area contributed by atoms with E-state index in [0.29, 0.717) is 17.2 Å². The van der Waals surface area contributed by atoms with Crippen molar-refractivity contribution in [2.45, 2.75) is 64.3 Å². The van der Waals surface area contributed by atoms with Gasteiger partial charge in [0.25, 0.3) is 0 Å². The molecule has 0 bridgehead atoms. The molecule has 0 saturated heterocycles. The van der Waals surface area contributed by atoms with Crippen molar-refractivity contribution < 1.29 is 0 Å². The number of aryl methyl sites for hydroxylation is 1. The fourth-order valence-electron chi connectivity index (χ4n) is 1.61. The van der Waals surface area contributed by atoms with Crippen molar-refractivity contribution >= 4 is 11.8 Å². The molecule has 1 aromatic carbocycles. The highest BCUT2D eigenvalue weighted by Crippen LogP contribution is 2.31. The Morgan fingerprint density at radius 2 is 1.78 bits per heavy atom. The van der Waals surface area contributed by atoms with Gasteiger partial charge in [0.15, 0.2) is 0 Å². The third kappa shape index (κ3) is 5.03. The van der Waals surface area contributed by atoms with Crippen LogP contribution in [-0.2, 0) is 6.54 Å². The summed E-state index contributed by atoms with van der Waals surface area (Å²) in [6.45, 7) is 14.4. The van der Waals surface area contributed by atoms with Crippen molar-refractivity contribution in [2.75, 3.05) is 0 Å². The van der Waals surface area contributed by atoms with Crippen LogP contribution in [0.1, 0.15) is 45.7 Å². The molecule has 1 rings (SSSR count). The van der Waals surface area contributed by atoms with E-state index >= 15 is 0 Å². The Bertz CT molecular complexity index is 371. The van der Waals surface area contributed by atoms with Gasteiger partial charge in [-0.25, -0.2) is 0 Å². The minimum atomic E-state index is 0.533. The summed E-state index contributed by atoms with van der Waals surface area (Å²) < 4.78 is 0. The van der Waals surface area contributed by atoms with E-state index in [-0.39, 0.29) is 0 Å². The lowest BCUT2D eigenvalue weighted by Gasteiger charge is -2.18. The Morgan fingerprint density at radius 1 is 1.11 bits per heavy atom. The largest absolute Gasteiger partial charge is 0.310 e. The summed E-state index contributed by atoms with van der Waals surface area (Å²) in [4.78, 5) is 1.43. The van der Waals surface area contributed by atoms with Crippen LogP contribution in [0.3, 0.4) is 0 Å². The highest BCUT2D eigenvalue weighted by molar-refractivity contribution is 8.00. The predicted octanol–water partition coefficient (Wildman–Crippen LogP) is 4.63. The maximum Gasteiger partial charge on any atom is 0.0219 e. The molecule has 102 valence electrons. The van der Waals surface area contributed by atoms with E-state index in [9.17, 15) is 0 Å². The highest BCUT2D eigenvalue weighted by atomic mass is 32.2. The van der Waals surface area contributed by atoms with Gasteiger partial charge in [-0.2, -0.15) is 0 Å². The van der Waals surface area contributed by atoms with Gasteiger partial charge in [0, 0.05) is 22.7 Å². The second-order valence-electron chi connectivity index (χ2n) is 5.71. The molecule has 1 atom stereocenters. The van der Waals surface area contributed by atoms with E-state index in [2.05, 4.69) is 65.1 Å². The van der Waals surface area contributed by atoms with Crippen LogP contribution in [0.4, 0.5) is 0 Å². The Balaban J connectivity index is 2.82. The maximum absolute atomic E-state index is 3.52. The van der Waals surface area contributed by atoms with Crippen LogP contribution < -0.4 is 5.32 Å². The van der Waals surface area contributed by atoms with Gasteiger partial charge < -0.3 is 5.32 Å². The first-order valence-corrected chi connectivity index (χ1v) is 7.77. The molecule has 1 N–H and O–H groups in total. The van der Waals surface area contributed by atoms with Crippen LogP contribution in [0.5, 0.6) is 0 Å². The third-order valence-corrected chi connectivity index (χ3v) is 4.74. The zero-order valence-corrected chi connectivity index (χ0v) is 13.4. The molecule has 0 saturated carbocycles. The smallest absolute Gasteiger partial charge is 0.0219 e.